The molecule has 0 aliphatic carbocycles. The highest BCUT2D eigenvalue weighted by atomic mass is 32.1. The summed E-state index contributed by atoms with van der Waals surface area (Å²) in [5, 5.41) is 0. The topological polar surface area (TPSA) is 35.2 Å². The summed E-state index contributed by atoms with van der Waals surface area (Å²) in [5.74, 6) is 5.43. The first-order chi connectivity index (χ1) is 5.65. The first kappa shape index (κ1) is 9.71. The van der Waals surface area contributed by atoms with Crippen LogP contribution in [0.25, 0.3) is 0 Å². The summed E-state index contributed by atoms with van der Waals surface area (Å²) in [6.07, 6.45) is 0. The quantitative estimate of drug-likeness (QED) is 0.734. The Morgan fingerprint density at radius 3 is 2.67 bits per heavy atom. The Labute approximate surface area is 77.3 Å². The van der Waals surface area contributed by atoms with Crippen molar-refractivity contribution in [3.8, 4) is 0 Å². The van der Waals surface area contributed by atoms with E-state index in [1.165, 1.54) is 15.3 Å². The van der Waals surface area contributed by atoms with Gasteiger partial charge in [-0.25, -0.2) is 5.90 Å². The normalized spacial score (nSPS) is 13.3. The van der Waals surface area contributed by atoms with Crippen molar-refractivity contribution in [3.63, 3.8) is 0 Å². The van der Waals surface area contributed by atoms with Gasteiger partial charge in [0.15, 0.2) is 0 Å². The lowest BCUT2D eigenvalue weighted by atomic mass is 10.0. The van der Waals surface area contributed by atoms with Crippen molar-refractivity contribution in [1.29, 1.82) is 0 Å². The molecule has 0 radical (unpaired) electrons. The van der Waals surface area contributed by atoms with Crippen LogP contribution in [0, 0.1) is 13.8 Å². The molecule has 0 spiro atoms. The van der Waals surface area contributed by atoms with E-state index >= 15 is 0 Å². The molecule has 3 heteroatoms. The molecule has 0 saturated carbocycles. The van der Waals surface area contributed by atoms with Gasteiger partial charge in [0.2, 0.25) is 0 Å². The molecule has 12 heavy (non-hydrogen) atoms. The molecule has 1 atom stereocenters. The van der Waals surface area contributed by atoms with Crippen molar-refractivity contribution < 1.29 is 4.84 Å². The highest BCUT2D eigenvalue weighted by Gasteiger charge is 2.10. The average Bonchev–Trinajstić information content (AvgIpc) is 2.30. The molecular formula is C9H15NOS. The minimum atomic E-state index is 0.403. The van der Waals surface area contributed by atoms with Crippen molar-refractivity contribution in [2.75, 3.05) is 6.61 Å². The van der Waals surface area contributed by atoms with E-state index in [1.807, 2.05) is 11.3 Å². The van der Waals surface area contributed by atoms with E-state index in [0.717, 1.165) is 0 Å². The summed E-state index contributed by atoms with van der Waals surface area (Å²) in [7, 11) is 0. The third kappa shape index (κ3) is 2.06. The maximum atomic E-state index is 5.03. The van der Waals surface area contributed by atoms with Gasteiger partial charge in [0.05, 0.1) is 6.61 Å². The van der Waals surface area contributed by atoms with Gasteiger partial charge in [-0.2, -0.15) is 0 Å². The van der Waals surface area contributed by atoms with E-state index in [-0.39, 0.29) is 0 Å². The van der Waals surface area contributed by atoms with Gasteiger partial charge in [-0.3, -0.25) is 0 Å². The Hall–Kier alpha value is -0.380. The van der Waals surface area contributed by atoms with Crippen LogP contribution in [0.5, 0.6) is 0 Å². The highest BCUT2D eigenvalue weighted by Crippen LogP contribution is 2.27. The number of hydrogen-bond acceptors (Lipinski definition) is 3. The zero-order chi connectivity index (χ0) is 9.14. The maximum absolute atomic E-state index is 5.03. The standard InChI is InChI=1S/C9H15NOS/c1-6(5-11-10)9-4-7(2)12-8(9)3/h4,6H,5,10H2,1-3H3. The van der Waals surface area contributed by atoms with Crippen molar-refractivity contribution in [2.24, 2.45) is 5.90 Å². The summed E-state index contributed by atoms with van der Waals surface area (Å²) in [6, 6.07) is 2.21. The fraction of sp³-hybridized carbons (Fsp3) is 0.556. The summed E-state index contributed by atoms with van der Waals surface area (Å²) >= 11 is 1.83. The molecule has 0 aromatic carbocycles. The molecule has 68 valence electrons. The van der Waals surface area contributed by atoms with E-state index in [2.05, 4.69) is 31.7 Å². The van der Waals surface area contributed by atoms with E-state index in [9.17, 15) is 0 Å². The molecule has 1 heterocycles. The van der Waals surface area contributed by atoms with Crippen molar-refractivity contribution >= 4 is 11.3 Å². The third-order valence-electron chi connectivity index (χ3n) is 1.96. The number of nitrogens with two attached hydrogens (primary N) is 1. The van der Waals surface area contributed by atoms with Gasteiger partial charge in [0.1, 0.15) is 0 Å². The average molecular weight is 185 g/mol. The molecule has 0 amide bonds. The van der Waals surface area contributed by atoms with Crippen LogP contribution in [-0.2, 0) is 4.84 Å². The van der Waals surface area contributed by atoms with Crippen LogP contribution in [0.2, 0.25) is 0 Å². The molecular weight excluding hydrogens is 170 g/mol. The molecule has 1 aromatic heterocycles. The second-order valence-corrected chi connectivity index (χ2v) is 4.56. The molecule has 0 bridgehead atoms. The highest BCUT2D eigenvalue weighted by molar-refractivity contribution is 7.12. The first-order valence-electron chi connectivity index (χ1n) is 4.03. The van der Waals surface area contributed by atoms with E-state index in [1.54, 1.807) is 0 Å². The maximum Gasteiger partial charge on any atom is 0.0745 e. The SMILES string of the molecule is Cc1cc(C(C)CON)c(C)s1. The van der Waals surface area contributed by atoms with Gasteiger partial charge in [0.25, 0.3) is 0 Å². The fourth-order valence-electron chi connectivity index (χ4n) is 1.37. The van der Waals surface area contributed by atoms with Crippen molar-refractivity contribution in [1.82, 2.24) is 0 Å². The van der Waals surface area contributed by atoms with Gasteiger partial charge in [-0.15, -0.1) is 11.3 Å². The summed E-state index contributed by atoms with van der Waals surface area (Å²) < 4.78 is 0. The Morgan fingerprint density at radius 1 is 1.58 bits per heavy atom. The zero-order valence-electron chi connectivity index (χ0n) is 7.76. The molecule has 2 N–H and O–H groups in total. The molecule has 0 saturated heterocycles. The lowest BCUT2D eigenvalue weighted by Gasteiger charge is -2.08. The molecule has 1 rings (SSSR count). The second kappa shape index (κ2) is 4.03. The van der Waals surface area contributed by atoms with Gasteiger partial charge < -0.3 is 4.84 Å². The Kier molecular flexibility index (Phi) is 3.26. The minimum Gasteiger partial charge on any atom is -0.304 e. The second-order valence-electron chi connectivity index (χ2n) is 3.10. The lowest BCUT2D eigenvalue weighted by Crippen LogP contribution is -2.08. The van der Waals surface area contributed by atoms with Crippen LogP contribution in [-0.4, -0.2) is 6.61 Å². The van der Waals surface area contributed by atoms with E-state index < -0.39 is 0 Å². The van der Waals surface area contributed by atoms with Crippen molar-refractivity contribution in [3.05, 3.63) is 21.4 Å². The van der Waals surface area contributed by atoms with Gasteiger partial charge >= 0.3 is 0 Å². The van der Waals surface area contributed by atoms with Crippen LogP contribution in [0.3, 0.4) is 0 Å². The largest absolute Gasteiger partial charge is 0.304 e. The zero-order valence-corrected chi connectivity index (χ0v) is 8.57. The molecule has 2 nitrogen and oxygen atoms in total. The molecule has 0 aliphatic heterocycles. The number of rotatable bonds is 3. The predicted octanol–water partition coefficient (Wildman–Crippen LogP) is 2.36. The molecule has 0 fully saturated rings. The van der Waals surface area contributed by atoms with Gasteiger partial charge in [0, 0.05) is 15.7 Å². The van der Waals surface area contributed by atoms with E-state index in [4.69, 9.17) is 5.90 Å². The Balaban J connectivity index is 2.79. The summed E-state index contributed by atoms with van der Waals surface area (Å²) in [4.78, 5) is 7.35. The number of thiophene rings is 1. The predicted molar refractivity (Wildman–Crippen MR) is 52.3 cm³/mol. The monoisotopic (exact) mass is 185 g/mol. The van der Waals surface area contributed by atoms with E-state index in [0.29, 0.717) is 12.5 Å². The van der Waals surface area contributed by atoms with Crippen LogP contribution in [0.4, 0.5) is 0 Å². The van der Waals surface area contributed by atoms with Gasteiger partial charge in [-0.05, 0) is 25.5 Å². The first-order valence-corrected chi connectivity index (χ1v) is 4.85. The summed E-state index contributed by atoms with van der Waals surface area (Å²) in [5.41, 5.74) is 1.36. The smallest absolute Gasteiger partial charge is 0.0745 e. The Bertz CT molecular complexity index is 257. The number of aryl methyl sites for hydroxylation is 2. The number of hydrogen-bond donors (Lipinski definition) is 1. The Morgan fingerprint density at radius 2 is 2.25 bits per heavy atom. The molecule has 0 aliphatic rings. The lowest BCUT2D eigenvalue weighted by molar-refractivity contribution is 0.126. The molecule has 1 unspecified atom stereocenters. The van der Waals surface area contributed by atoms with Crippen LogP contribution in [0.1, 0.15) is 28.2 Å². The van der Waals surface area contributed by atoms with Crippen molar-refractivity contribution in [2.45, 2.75) is 26.7 Å². The van der Waals surface area contributed by atoms with Crippen LogP contribution < -0.4 is 5.90 Å². The third-order valence-corrected chi connectivity index (χ3v) is 2.94. The van der Waals surface area contributed by atoms with Gasteiger partial charge in [-0.1, -0.05) is 6.92 Å². The minimum absolute atomic E-state index is 0.403. The molecule has 1 aromatic rings. The fourth-order valence-corrected chi connectivity index (χ4v) is 2.42. The summed E-state index contributed by atoms with van der Waals surface area (Å²) in [6.45, 7) is 6.98. The van der Waals surface area contributed by atoms with Crippen LogP contribution in [0.15, 0.2) is 6.07 Å². The van der Waals surface area contributed by atoms with Crippen LogP contribution >= 0.6 is 11.3 Å².